The van der Waals surface area contributed by atoms with Gasteiger partial charge in [-0.2, -0.15) is 0 Å². The SMILES string of the molecule is COc1ccc([N+](=O)[O-])cc1CN1CC(C(C)C(=O)O)C1. The van der Waals surface area contributed by atoms with Crippen LogP contribution in [0.1, 0.15) is 12.5 Å². The van der Waals surface area contributed by atoms with Gasteiger partial charge in [0.15, 0.2) is 0 Å². The summed E-state index contributed by atoms with van der Waals surface area (Å²) in [6, 6.07) is 4.51. The summed E-state index contributed by atoms with van der Waals surface area (Å²) in [5, 5.41) is 19.8. The van der Waals surface area contributed by atoms with Gasteiger partial charge in [0.05, 0.1) is 18.0 Å². The highest BCUT2D eigenvalue weighted by atomic mass is 16.6. The number of carbonyl (C=O) groups is 1. The van der Waals surface area contributed by atoms with E-state index in [1.165, 1.54) is 19.2 Å². The van der Waals surface area contributed by atoms with Gasteiger partial charge in [-0.25, -0.2) is 0 Å². The van der Waals surface area contributed by atoms with Crippen molar-refractivity contribution < 1.29 is 19.6 Å². The Morgan fingerprint density at radius 1 is 1.57 bits per heavy atom. The second kappa shape index (κ2) is 6.09. The molecule has 114 valence electrons. The number of ether oxygens (including phenoxy) is 1. The first kappa shape index (κ1) is 15.2. The summed E-state index contributed by atoms with van der Waals surface area (Å²) in [4.78, 5) is 23.4. The smallest absolute Gasteiger partial charge is 0.306 e. The summed E-state index contributed by atoms with van der Waals surface area (Å²) < 4.78 is 5.22. The fraction of sp³-hybridized carbons (Fsp3) is 0.500. The Balaban J connectivity index is 2.02. The standard InChI is InChI=1S/C14H18N2O5/c1-9(14(17)18)11-7-15(8-11)6-10-5-12(16(19)20)3-4-13(10)21-2/h3-5,9,11H,6-8H2,1-2H3,(H,17,18). The molecule has 1 saturated heterocycles. The molecule has 0 amide bonds. The van der Waals surface area contributed by atoms with E-state index in [0.717, 1.165) is 5.56 Å². The predicted octanol–water partition coefficient (Wildman–Crippen LogP) is 1.76. The molecule has 1 unspecified atom stereocenters. The van der Waals surface area contributed by atoms with Crippen LogP contribution in [0.4, 0.5) is 5.69 Å². The van der Waals surface area contributed by atoms with Crippen molar-refractivity contribution in [1.29, 1.82) is 0 Å². The van der Waals surface area contributed by atoms with Gasteiger partial charge in [0.1, 0.15) is 5.75 Å². The van der Waals surface area contributed by atoms with E-state index < -0.39 is 10.9 Å². The van der Waals surface area contributed by atoms with Crippen LogP contribution in [-0.4, -0.2) is 41.1 Å². The number of benzene rings is 1. The summed E-state index contributed by atoms with van der Waals surface area (Å²) in [6.07, 6.45) is 0. The monoisotopic (exact) mass is 294 g/mol. The van der Waals surface area contributed by atoms with E-state index >= 15 is 0 Å². The highest BCUT2D eigenvalue weighted by Gasteiger charge is 2.34. The van der Waals surface area contributed by atoms with Gasteiger partial charge in [-0.15, -0.1) is 0 Å². The Bertz CT molecular complexity index is 554. The topological polar surface area (TPSA) is 92.9 Å². The lowest BCUT2D eigenvalue weighted by molar-refractivity contribution is -0.385. The number of likely N-dealkylation sites (tertiary alicyclic amines) is 1. The lowest BCUT2D eigenvalue weighted by atomic mass is 9.87. The molecule has 1 fully saturated rings. The molecule has 0 aromatic heterocycles. The third-order valence-corrected chi connectivity index (χ3v) is 3.95. The zero-order valence-corrected chi connectivity index (χ0v) is 12.0. The van der Waals surface area contributed by atoms with Crippen LogP contribution >= 0.6 is 0 Å². The van der Waals surface area contributed by atoms with Crippen LogP contribution in [0.3, 0.4) is 0 Å². The molecule has 1 heterocycles. The Labute approximate surface area is 122 Å². The second-order valence-electron chi connectivity index (χ2n) is 5.33. The van der Waals surface area contributed by atoms with E-state index in [1.807, 2.05) is 0 Å². The Kier molecular flexibility index (Phi) is 4.42. The molecule has 0 radical (unpaired) electrons. The number of methoxy groups -OCH3 is 1. The van der Waals surface area contributed by atoms with Crippen LogP contribution in [0.25, 0.3) is 0 Å². The third kappa shape index (κ3) is 3.30. The lowest BCUT2D eigenvalue weighted by Crippen LogP contribution is -2.50. The maximum Gasteiger partial charge on any atom is 0.306 e. The van der Waals surface area contributed by atoms with Crippen LogP contribution in [0.2, 0.25) is 0 Å². The molecule has 0 spiro atoms. The van der Waals surface area contributed by atoms with E-state index in [0.29, 0.717) is 25.4 Å². The molecule has 1 atom stereocenters. The minimum atomic E-state index is -0.785. The summed E-state index contributed by atoms with van der Waals surface area (Å²) in [5.41, 5.74) is 0.773. The maximum absolute atomic E-state index is 10.9. The first-order chi connectivity index (χ1) is 9.92. The van der Waals surface area contributed by atoms with E-state index in [4.69, 9.17) is 9.84 Å². The number of hydrogen-bond donors (Lipinski definition) is 1. The number of aliphatic carboxylic acids is 1. The van der Waals surface area contributed by atoms with Crippen molar-refractivity contribution >= 4 is 11.7 Å². The molecule has 2 rings (SSSR count). The van der Waals surface area contributed by atoms with Gasteiger partial charge >= 0.3 is 5.97 Å². The molecular formula is C14H18N2O5. The van der Waals surface area contributed by atoms with E-state index in [-0.39, 0.29) is 17.5 Å². The molecule has 0 bridgehead atoms. The molecule has 1 aromatic rings. The molecule has 21 heavy (non-hydrogen) atoms. The normalized spacial score (nSPS) is 17.0. The lowest BCUT2D eigenvalue weighted by Gasteiger charge is -2.41. The molecule has 0 aliphatic carbocycles. The van der Waals surface area contributed by atoms with E-state index in [2.05, 4.69) is 4.90 Å². The Morgan fingerprint density at radius 2 is 2.24 bits per heavy atom. The van der Waals surface area contributed by atoms with E-state index in [9.17, 15) is 14.9 Å². The van der Waals surface area contributed by atoms with Gasteiger partial charge < -0.3 is 9.84 Å². The quantitative estimate of drug-likeness (QED) is 0.634. The highest BCUT2D eigenvalue weighted by molar-refractivity contribution is 5.70. The van der Waals surface area contributed by atoms with Gasteiger partial charge in [-0.05, 0) is 12.0 Å². The van der Waals surface area contributed by atoms with Crippen LogP contribution in [0.15, 0.2) is 18.2 Å². The van der Waals surface area contributed by atoms with Crippen molar-refractivity contribution in [2.75, 3.05) is 20.2 Å². The van der Waals surface area contributed by atoms with Crippen LogP contribution in [-0.2, 0) is 11.3 Å². The van der Waals surface area contributed by atoms with Gasteiger partial charge in [0, 0.05) is 37.3 Å². The maximum atomic E-state index is 10.9. The van der Waals surface area contributed by atoms with Gasteiger partial charge in [0.25, 0.3) is 5.69 Å². The molecule has 7 nitrogen and oxygen atoms in total. The molecule has 1 aliphatic rings. The number of rotatable bonds is 6. The molecule has 1 aliphatic heterocycles. The molecular weight excluding hydrogens is 276 g/mol. The van der Waals surface area contributed by atoms with Crippen molar-refractivity contribution in [3.05, 3.63) is 33.9 Å². The van der Waals surface area contributed by atoms with Crippen LogP contribution in [0.5, 0.6) is 5.75 Å². The molecule has 7 heteroatoms. The number of nitrogens with zero attached hydrogens (tertiary/aromatic N) is 2. The number of carboxylic acid groups (broad SMARTS) is 1. The minimum absolute atomic E-state index is 0.0294. The first-order valence-corrected chi connectivity index (χ1v) is 6.68. The van der Waals surface area contributed by atoms with Crippen molar-refractivity contribution in [3.63, 3.8) is 0 Å². The zero-order valence-electron chi connectivity index (χ0n) is 12.0. The second-order valence-corrected chi connectivity index (χ2v) is 5.33. The molecule has 1 N–H and O–H groups in total. The van der Waals surface area contributed by atoms with Crippen molar-refractivity contribution in [1.82, 2.24) is 4.90 Å². The number of carboxylic acids is 1. The average molecular weight is 294 g/mol. The average Bonchev–Trinajstić information content (AvgIpc) is 2.41. The van der Waals surface area contributed by atoms with Crippen LogP contribution < -0.4 is 4.74 Å². The number of nitro groups is 1. The number of nitro benzene ring substituents is 1. The van der Waals surface area contributed by atoms with Crippen LogP contribution in [0, 0.1) is 22.0 Å². The first-order valence-electron chi connectivity index (χ1n) is 6.68. The van der Waals surface area contributed by atoms with Crippen molar-refractivity contribution in [2.24, 2.45) is 11.8 Å². The number of non-ortho nitro benzene ring substituents is 1. The van der Waals surface area contributed by atoms with Crippen molar-refractivity contribution in [2.45, 2.75) is 13.5 Å². The zero-order chi connectivity index (χ0) is 15.6. The molecule has 1 aromatic carbocycles. The molecule has 0 saturated carbocycles. The summed E-state index contributed by atoms with van der Waals surface area (Å²) >= 11 is 0. The van der Waals surface area contributed by atoms with Crippen molar-refractivity contribution in [3.8, 4) is 5.75 Å². The Hall–Kier alpha value is -2.15. The fourth-order valence-electron chi connectivity index (χ4n) is 2.50. The minimum Gasteiger partial charge on any atom is -0.496 e. The van der Waals surface area contributed by atoms with Gasteiger partial charge in [-0.3, -0.25) is 19.8 Å². The van der Waals surface area contributed by atoms with E-state index in [1.54, 1.807) is 13.0 Å². The largest absolute Gasteiger partial charge is 0.496 e. The van der Waals surface area contributed by atoms with Gasteiger partial charge in [-0.1, -0.05) is 6.92 Å². The fourth-order valence-corrected chi connectivity index (χ4v) is 2.50. The number of hydrogen-bond acceptors (Lipinski definition) is 5. The summed E-state index contributed by atoms with van der Waals surface area (Å²) in [7, 11) is 1.52. The third-order valence-electron chi connectivity index (χ3n) is 3.95. The Morgan fingerprint density at radius 3 is 2.76 bits per heavy atom. The highest BCUT2D eigenvalue weighted by Crippen LogP contribution is 2.30. The predicted molar refractivity (Wildman–Crippen MR) is 75.2 cm³/mol. The van der Waals surface area contributed by atoms with Gasteiger partial charge in [0.2, 0.25) is 0 Å². The summed E-state index contributed by atoms with van der Waals surface area (Å²) in [5.74, 6) is -0.414. The summed E-state index contributed by atoms with van der Waals surface area (Å²) in [6.45, 7) is 3.59.